The number of H-pyrrole nitrogens is 2. The lowest BCUT2D eigenvalue weighted by Crippen LogP contribution is -2.37. The molecule has 2 aromatic heterocycles. The van der Waals surface area contributed by atoms with E-state index in [4.69, 9.17) is 16.3 Å². The van der Waals surface area contributed by atoms with Crippen molar-refractivity contribution in [2.75, 3.05) is 13.7 Å². The summed E-state index contributed by atoms with van der Waals surface area (Å²) >= 11 is 6.03. The largest absolute Gasteiger partial charge is 0.373 e. The van der Waals surface area contributed by atoms with Crippen LogP contribution in [0.25, 0.3) is 21.7 Å². The number of ether oxygens (including phenoxy) is 1. The van der Waals surface area contributed by atoms with Gasteiger partial charge < -0.3 is 19.6 Å². The molecule has 4 aromatic rings. The summed E-state index contributed by atoms with van der Waals surface area (Å²) in [6.07, 6.45) is 0. The molecule has 0 saturated carbocycles. The predicted octanol–water partition coefficient (Wildman–Crippen LogP) is 4.28. The van der Waals surface area contributed by atoms with Gasteiger partial charge >= 0.3 is 0 Å². The van der Waals surface area contributed by atoms with E-state index in [0.29, 0.717) is 22.0 Å². The molecule has 0 radical (unpaired) electrons. The third-order valence-electron chi connectivity index (χ3n) is 5.64. The third-order valence-corrected chi connectivity index (χ3v) is 5.88. The maximum absolute atomic E-state index is 14.0. The molecule has 5 rings (SSSR count). The minimum Gasteiger partial charge on any atom is -0.373 e. The number of aromatic amines is 2. The van der Waals surface area contributed by atoms with Gasteiger partial charge in [0.1, 0.15) is 5.69 Å². The number of nitrogens with one attached hydrogen (secondary N) is 2. The molecular weight excluding hydrogens is 428 g/mol. The van der Waals surface area contributed by atoms with Gasteiger partial charge in [-0.1, -0.05) is 11.6 Å². The minimum absolute atomic E-state index is 0.0191. The fourth-order valence-electron chi connectivity index (χ4n) is 4.10. The molecule has 158 valence electrons. The van der Waals surface area contributed by atoms with Crippen LogP contribution < -0.4 is 5.56 Å². The zero-order valence-electron chi connectivity index (χ0n) is 16.3. The molecule has 6 nitrogen and oxygen atoms in total. The van der Waals surface area contributed by atoms with E-state index in [-0.39, 0.29) is 29.9 Å². The van der Waals surface area contributed by atoms with Crippen LogP contribution in [-0.4, -0.2) is 34.4 Å². The predicted molar refractivity (Wildman–Crippen MR) is 112 cm³/mol. The molecule has 9 heteroatoms. The number of fused-ring (bicyclic) bond motifs is 4. The number of pyridine rings is 1. The van der Waals surface area contributed by atoms with Crippen molar-refractivity contribution < 1.29 is 18.3 Å². The molecule has 1 aliphatic heterocycles. The van der Waals surface area contributed by atoms with E-state index in [0.717, 1.165) is 23.0 Å². The first-order chi connectivity index (χ1) is 14.8. The van der Waals surface area contributed by atoms with Gasteiger partial charge in [-0.15, -0.1) is 0 Å². The summed E-state index contributed by atoms with van der Waals surface area (Å²) < 4.78 is 33.4. The third kappa shape index (κ3) is 3.19. The number of hydrogen-bond donors (Lipinski definition) is 2. The van der Waals surface area contributed by atoms with E-state index in [1.807, 2.05) is 0 Å². The molecule has 0 saturated heterocycles. The average Bonchev–Trinajstić information content (AvgIpc) is 3.17. The Labute approximate surface area is 179 Å². The molecule has 3 heterocycles. The summed E-state index contributed by atoms with van der Waals surface area (Å²) in [7, 11) is 1.60. The van der Waals surface area contributed by atoms with Gasteiger partial charge in [0.2, 0.25) is 0 Å². The van der Waals surface area contributed by atoms with Gasteiger partial charge in [-0.3, -0.25) is 9.59 Å². The summed E-state index contributed by atoms with van der Waals surface area (Å²) in [5.41, 5.74) is 1.53. The van der Waals surface area contributed by atoms with E-state index in [9.17, 15) is 18.4 Å². The molecule has 1 atom stereocenters. The number of nitrogens with zero attached hydrogens (tertiary/aromatic N) is 1. The van der Waals surface area contributed by atoms with Crippen LogP contribution in [0, 0.1) is 11.6 Å². The Kier molecular flexibility index (Phi) is 4.56. The molecule has 0 bridgehead atoms. The summed E-state index contributed by atoms with van der Waals surface area (Å²) in [6.45, 7) is 0.240. The number of hydrogen-bond acceptors (Lipinski definition) is 3. The second-order valence-electron chi connectivity index (χ2n) is 7.52. The normalized spacial score (nSPS) is 15.9. The molecular formula is C22H16ClF2N3O3. The Morgan fingerprint density at radius 2 is 1.87 bits per heavy atom. The Morgan fingerprint density at radius 3 is 2.65 bits per heavy atom. The molecule has 31 heavy (non-hydrogen) atoms. The monoisotopic (exact) mass is 443 g/mol. The fraction of sp³-hybridized carbons (Fsp3) is 0.182. The molecule has 0 aliphatic carbocycles. The maximum atomic E-state index is 14.0. The highest BCUT2D eigenvalue weighted by molar-refractivity contribution is 6.31. The summed E-state index contributed by atoms with van der Waals surface area (Å²) in [5.74, 6) is -2.49. The van der Waals surface area contributed by atoms with Crippen molar-refractivity contribution in [2.45, 2.75) is 12.6 Å². The van der Waals surface area contributed by atoms with Crippen molar-refractivity contribution in [3.63, 3.8) is 0 Å². The number of rotatable bonds is 2. The van der Waals surface area contributed by atoms with E-state index in [2.05, 4.69) is 9.97 Å². The summed E-state index contributed by atoms with van der Waals surface area (Å²) in [6, 6.07) is 8.21. The van der Waals surface area contributed by atoms with E-state index < -0.39 is 23.2 Å². The molecule has 0 fully saturated rings. The zero-order valence-corrected chi connectivity index (χ0v) is 17.0. The zero-order chi connectivity index (χ0) is 21.9. The van der Waals surface area contributed by atoms with Crippen molar-refractivity contribution in [3.05, 3.63) is 80.4 Å². The number of benzene rings is 2. The average molecular weight is 444 g/mol. The van der Waals surface area contributed by atoms with Crippen LogP contribution in [0.4, 0.5) is 8.78 Å². The lowest BCUT2D eigenvalue weighted by Gasteiger charge is -2.33. The topological polar surface area (TPSA) is 78.2 Å². The van der Waals surface area contributed by atoms with Crippen molar-refractivity contribution in [1.82, 2.24) is 14.9 Å². The SMILES string of the molecule is CN(C(=O)c1cc2cc(Cl)ccc2[nH]1)[C@@H]1COCc2[nH]c(=O)c3cc(F)c(F)cc3c21. The molecule has 0 unspecified atom stereocenters. The number of halogens is 3. The lowest BCUT2D eigenvalue weighted by atomic mass is 9.95. The van der Waals surface area contributed by atoms with Crippen LogP contribution in [0.15, 0.2) is 41.2 Å². The Hall–Kier alpha value is -3.23. The number of carbonyl (C=O) groups is 1. The second-order valence-corrected chi connectivity index (χ2v) is 7.96. The standard InChI is InChI=1S/C22H16ClF2N3O3/c1-28(22(30)17-5-10-4-11(23)2-3-16(10)26-17)19-9-31-8-18-20(19)12-6-14(24)15(25)7-13(12)21(29)27-18/h2-7,19,26H,8-9H2,1H3,(H,27,29)/t19-/m1/s1. The van der Waals surface area contributed by atoms with Gasteiger partial charge in [0.05, 0.1) is 24.6 Å². The minimum atomic E-state index is -1.11. The highest BCUT2D eigenvalue weighted by Gasteiger charge is 2.32. The molecule has 0 spiro atoms. The van der Waals surface area contributed by atoms with Crippen molar-refractivity contribution in [3.8, 4) is 0 Å². The van der Waals surface area contributed by atoms with Gasteiger partial charge in [0.25, 0.3) is 11.5 Å². The Bertz CT molecular complexity index is 1430. The summed E-state index contributed by atoms with van der Waals surface area (Å²) in [4.78, 5) is 32.8. The van der Waals surface area contributed by atoms with E-state index in [1.165, 1.54) is 4.90 Å². The number of aromatic nitrogens is 2. The van der Waals surface area contributed by atoms with Crippen LogP contribution in [0.1, 0.15) is 27.8 Å². The van der Waals surface area contributed by atoms with Gasteiger partial charge in [-0.2, -0.15) is 0 Å². The molecule has 2 N–H and O–H groups in total. The van der Waals surface area contributed by atoms with Gasteiger partial charge in [-0.25, -0.2) is 8.78 Å². The van der Waals surface area contributed by atoms with E-state index >= 15 is 0 Å². The van der Waals surface area contributed by atoms with Crippen molar-refractivity contribution >= 4 is 39.2 Å². The molecule has 2 aromatic carbocycles. The maximum Gasteiger partial charge on any atom is 0.270 e. The number of likely N-dealkylation sites (N-methyl/N-ethyl adjacent to an activating group) is 1. The first-order valence-corrected chi connectivity index (χ1v) is 9.88. The van der Waals surface area contributed by atoms with Crippen molar-refractivity contribution in [1.29, 1.82) is 0 Å². The highest BCUT2D eigenvalue weighted by atomic mass is 35.5. The lowest BCUT2D eigenvalue weighted by molar-refractivity contribution is 0.0333. The quantitative estimate of drug-likeness (QED) is 0.485. The highest BCUT2D eigenvalue weighted by Crippen LogP contribution is 2.34. The van der Waals surface area contributed by atoms with Gasteiger partial charge in [0.15, 0.2) is 11.6 Å². The van der Waals surface area contributed by atoms with Crippen LogP contribution in [0.2, 0.25) is 5.02 Å². The van der Waals surface area contributed by atoms with Gasteiger partial charge in [0, 0.05) is 34.2 Å². The molecule has 1 aliphatic rings. The summed E-state index contributed by atoms with van der Waals surface area (Å²) in [5, 5.41) is 1.62. The van der Waals surface area contributed by atoms with E-state index in [1.54, 1.807) is 31.3 Å². The smallest absolute Gasteiger partial charge is 0.270 e. The van der Waals surface area contributed by atoms with Crippen LogP contribution >= 0.6 is 11.6 Å². The number of carbonyl (C=O) groups excluding carboxylic acids is 1. The first kappa shape index (κ1) is 19.7. The van der Waals surface area contributed by atoms with Crippen molar-refractivity contribution in [2.24, 2.45) is 0 Å². The van der Waals surface area contributed by atoms with Crippen LogP contribution in [0.5, 0.6) is 0 Å². The Morgan fingerprint density at radius 1 is 1.13 bits per heavy atom. The second kappa shape index (κ2) is 7.18. The Balaban J connectivity index is 1.61. The fourth-order valence-corrected chi connectivity index (χ4v) is 4.28. The van der Waals surface area contributed by atoms with Crippen LogP contribution in [0.3, 0.4) is 0 Å². The number of amides is 1. The molecule has 1 amide bonds. The first-order valence-electron chi connectivity index (χ1n) is 9.50. The van der Waals surface area contributed by atoms with Crippen LogP contribution in [-0.2, 0) is 11.3 Å². The van der Waals surface area contributed by atoms with Gasteiger partial charge in [-0.05, 0) is 41.8 Å².